The molecule has 3 aromatic carbocycles. The van der Waals surface area contributed by atoms with E-state index in [1.807, 2.05) is 72.8 Å². The number of anilines is 1. The van der Waals surface area contributed by atoms with Gasteiger partial charge in [0.25, 0.3) is 5.91 Å². The summed E-state index contributed by atoms with van der Waals surface area (Å²) < 4.78 is 27.4. The molecule has 3 fully saturated rings. The largest absolute Gasteiger partial charge is 0.390 e. The van der Waals surface area contributed by atoms with Crippen LogP contribution in [0.4, 0.5) is 5.69 Å². The maximum Gasteiger partial charge on any atom is 0.259 e. The Kier molecular flexibility index (Phi) is 7.17. The fraction of sp³-hybridized carbons (Fsp3) is 0.333. The number of oxime groups is 1. The molecule has 48 heavy (non-hydrogen) atoms. The van der Waals surface area contributed by atoms with E-state index in [0.29, 0.717) is 25.0 Å². The van der Waals surface area contributed by atoms with Crippen molar-refractivity contribution in [3.8, 4) is 11.1 Å². The molecule has 3 aromatic rings. The van der Waals surface area contributed by atoms with E-state index >= 15 is 0 Å². The summed E-state index contributed by atoms with van der Waals surface area (Å²) in [5, 5.41) is 10.1. The number of carbonyl (C=O) groups is 3. The van der Waals surface area contributed by atoms with E-state index in [0.717, 1.165) is 33.5 Å². The summed E-state index contributed by atoms with van der Waals surface area (Å²) in [6.07, 6.45) is 2.72. The molecular formula is C36H35N5O6S. The van der Waals surface area contributed by atoms with Crippen molar-refractivity contribution in [2.75, 3.05) is 11.9 Å². The van der Waals surface area contributed by atoms with Crippen molar-refractivity contribution < 1.29 is 27.6 Å². The number of hydrogen-bond acceptors (Lipinski definition) is 8. The van der Waals surface area contributed by atoms with E-state index in [-0.39, 0.29) is 25.3 Å². The molecule has 12 heteroatoms. The van der Waals surface area contributed by atoms with Crippen LogP contribution < -0.4 is 15.4 Å². The van der Waals surface area contributed by atoms with Crippen LogP contribution in [-0.2, 0) is 35.7 Å². The maximum atomic E-state index is 14.1. The Morgan fingerprint density at radius 1 is 0.958 bits per heavy atom. The van der Waals surface area contributed by atoms with Gasteiger partial charge < -0.3 is 20.4 Å². The highest BCUT2D eigenvalue weighted by Crippen LogP contribution is 2.45. The van der Waals surface area contributed by atoms with E-state index < -0.39 is 56.7 Å². The smallest absolute Gasteiger partial charge is 0.259 e. The second-order valence-electron chi connectivity index (χ2n) is 13.2. The van der Waals surface area contributed by atoms with Gasteiger partial charge in [-0.1, -0.05) is 78.0 Å². The molecule has 3 amide bonds. The lowest BCUT2D eigenvalue weighted by Gasteiger charge is -2.28. The van der Waals surface area contributed by atoms with E-state index in [4.69, 9.17) is 4.84 Å². The molecule has 0 radical (unpaired) electrons. The molecule has 3 aliphatic carbocycles. The molecule has 2 heterocycles. The van der Waals surface area contributed by atoms with Crippen LogP contribution in [0.5, 0.6) is 0 Å². The summed E-state index contributed by atoms with van der Waals surface area (Å²) in [7, 11) is -3.84. The predicted octanol–water partition coefficient (Wildman–Crippen LogP) is 3.11. The highest BCUT2D eigenvalue weighted by molar-refractivity contribution is 7.91. The van der Waals surface area contributed by atoms with Gasteiger partial charge in [-0.3, -0.25) is 19.1 Å². The molecule has 11 nitrogen and oxygen atoms in total. The summed E-state index contributed by atoms with van der Waals surface area (Å²) in [6.45, 7) is 3.89. The number of carbonyl (C=O) groups excluding carboxylic acids is 3. The maximum absolute atomic E-state index is 14.1. The molecule has 2 aliphatic heterocycles. The van der Waals surface area contributed by atoms with Crippen LogP contribution in [0.1, 0.15) is 42.4 Å². The van der Waals surface area contributed by atoms with E-state index in [2.05, 4.69) is 27.1 Å². The summed E-state index contributed by atoms with van der Waals surface area (Å²) in [5.41, 5.74) is 5.07. The van der Waals surface area contributed by atoms with Gasteiger partial charge in [0, 0.05) is 35.6 Å². The first-order chi connectivity index (χ1) is 23.2. The second-order valence-corrected chi connectivity index (χ2v) is 15.2. The zero-order valence-corrected chi connectivity index (χ0v) is 26.9. The lowest BCUT2D eigenvalue weighted by molar-refractivity contribution is -0.140. The number of hydrogen-bond donors (Lipinski definition) is 3. The molecule has 0 aromatic heterocycles. The average Bonchev–Trinajstić information content (AvgIpc) is 3.95. The minimum atomic E-state index is -3.84. The Balaban J connectivity index is 1.05. The van der Waals surface area contributed by atoms with Gasteiger partial charge in [-0.05, 0) is 42.0 Å². The van der Waals surface area contributed by atoms with E-state index in [1.165, 1.54) is 4.90 Å². The molecule has 8 rings (SSSR count). The van der Waals surface area contributed by atoms with Crippen LogP contribution in [-0.4, -0.2) is 72.3 Å². The first-order valence-corrected chi connectivity index (χ1v) is 17.8. The molecule has 5 atom stereocenters. The number of fused-ring (bicyclic) bond motifs is 4. The Hall–Kier alpha value is -4.97. The predicted molar refractivity (Wildman–Crippen MR) is 179 cm³/mol. The van der Waals surface area contributed by atoms with Crippen molar-refractivity contribution in [1.29, 1.82) is 0 Å². The van der Waals surface area contributed by atoms with Gasteiger partial charge in [0.15, 0.2) is 0 Å². The molecule has 5 aliphatic rings. The highest BCUT2D eigenvalue weighted by Gasteiger charge is 2.62. The molecule has 1 saturated heterocycles. The third kappa shape index (κ3) is 5.15. The lowest BCUT2D eigenvalue weighted by Crippen LogP contribution is -2.57. The average molecular weight is 666 g/mol. The van der Waals surface area contributed by atoms with E-state index in [9.17, 15) is 22.8 Å². The Morgan fingerprint density at radius 3 is 2.23 bits per heavy atom. The number of benzene rings is 3. The number of nitrogens with one attached hydrogen (secondary N) is 3. The molecular weight excluding hydrogens is 630 g/mol. The van der Waals surface area contributed by atoms with Crippen molar-refractivity contribution >= 4 is 39.1 Å². The molecule has 0 bridgehead atoms. The zero-order valence-electron chi connectivity index (χ0n) is 26.1. The van der Waals surface area contributed by atoms with Crippen molar-refractivity contribution in [3.05, 3.63) is 102 Å². The molecule has 3 N–H and O–H groups in total. The minimum absolute atomic E-state index is 0.103. The van der Waals surface area contributed by atoms with Gasteiger partial charge in [-0.25, -0.2) is 8.42 Å². The van der Waals surface area contributed by atoms with Crippen molar-refractivity contribution in [2.24, 2.45) is 11.1 Å². The SMILES string of the molecule is C=C[C@@H]1C[C@]1(NC(=O)[C@@H]1C[C@@H](ON=C2c3ccccc3-c3ccccc32)CN1C(=O)[C@@H]1Cc2ccccc2N1)C(=O)NS(=O)(=O)C1CC1. The first kappa shape index (κ1) is 30.4. The monoisotopic (exact) mass is 665 g/mol. The van der Waals surface area contributed by atoms with Crippen LogP contribution >= 0.6 is 0 Å². The van der Waals surface area contributed by atoms with Crippen LogP contribution in [0.2, 0.25) is 0 Å². The lowest BCUT2D eigenvalue weighted by atomic mass is 10.1. The standard InChI is InChI=1S/C36H35N5O6S/c1-2-22-19-36(22,35(44)40-48(45,46)24-15-16-24)38-33(42)31-18-23(20-41(31)34(43)30-17-21-9-3-8-14-29(21)37-30)47-39-32-27-12-6-4-10-25(27)26-11-5-7-13-28(26)32/h2-14,22-24,30-31,37H,1,15-20H2,(H,38,42)(H,40,44)/t22-,23-,30+,31+,36-/m1/s1. The van der Waals surface area contributed by atoms with E-state index in [1.54, 1.807) is 6.08 Å². The Morgan fingerprint density at radius 2 is 1.60 bits per heavy atom. The number of para-hydroxylation sites is 1. The number of sulfonamides is 1. The topological polar surface area (TPSA) is 146 Å². The number of likely N-dealkylation sites (tertiary alicyclic amines) is 1. The Bertz CT molecular complexity index is 1940. The van der Waals surface area contributed by atoms with Gasteiger partial charge in [0.05, 0.1) is 11.8 Å². The summed E-state index contributed by atoms with van der Waals surface area (Å²) in [6, 6.07) is 22.0. The fourth-order valence-electron chi connectivity index (χ4n) is 7.25. The third-order valence-corrected chi connectivity index (χ3v) is 11.9. The third-order valence-electron chi connectivity index (χ3n) is 10.1. The van der Waals surface area contributed by atoms with Gasteiger partial charge in [0.2, 0.25) is 21.8 Å². The number of amides is 3. The van der Waals surface area contributed by atoms with Crippen LogP contribution in [0.25, 0.3) is 11.1 Å². The van der Waals surface area contributed by atoms with Crippen molar-refractivity contribution in [1.82, 2.24) is 14.9 Å². The summed E-state index contributed by atoms with van der Waals surface area (Å²) in [4.78, 5) is 49.2. The summed E-state index contributed by atoms with van der Waals surface area (Å²) in [5.74, 6) is -2.06. The number of rotatable bonds is 9. The Labute approximate surface area is 278 Å². The van der Waals surface area contributed by atoms with Crippen LogP contribution in [0.3, 0.4) is 0 Å². The number of nitrogens with zero attached hydrogens (tertiary/aromatic N) is 2. The highest BCUT2D eigenvalue weighted by atomic mass is 32.2. The molecule has 2 saturated carbocycles. The molecule has 246 valence electrons. The summed E-state index contributed by atoms with van der Waals surface area (Å²) >= 11 is 0. The van der Waals surface area contributed by atoms with Crippen LogP contribution in [0.15, 0.2) is 90.6 Å². The first-order valence-electron chi connectivity index (χ1n) is 16.3. The van der Waals surface area contributed by atoms with Gasteiger partial charge in [-0.15, -0.1) is 6.58 Å². The quantitative estimate of drug-likeness (QED) is 0.184. The minimum Gasteiger partial charge on any atom is -0.390 e. The second kappa shape index (κ2) is 11.3. The molecule has 0 spiro atoms. The van der Waals surface area contributed by atoms with Crippen molar-refractivity contribution in [2.45, 2.75) is 61.1 Å². The van der Waals surface area contributed by atoms with Gasteiger partial charge >= 0.3 is 0 Å². The fourth-order valence-corrected chi connectivity index (χ4v) is 8.62. The normalized spacial score (nSPS) is 26.4. The molecule has 0 unspecified atom stereocenters. The van der Waals surface area contributed by atoms with Gasteiger partial charge in [-0.2, -0.15) is 0 Å². The van der Waals surface area contributed by atoms with Crippen molar-refractivity contribution in [3.63, 3.8) is 0 Å². The van der Waals surface area contributed by atoms with Crippen LogP contribution in [0, 0.1) is 5.92 Å². The van der Waals surface area contributed by atoms with Gasteiger partial charge in [0.1, 0.15) is 29.4 Å². The zero-order chi connectivity index (χ0) is 33.2.